The van der Waals surface area contributed by atoms with E-state index in [1.807, 2.05) is 61.7 Å². The van der Waals surface area contributed by atoms with Crippen molar-refractivity contribution in [2.45, 2.75) is 53.7 Å². The van der Waals surface area contributed by atoms with E-state index in [2.05, 4.69) is 4.99 Å². The van der Waals surface area contributed by atoms with Gasteiger partial charge in [-0.1, -0.05) is 35.1 Å². The Morgan fingerprint density at radius 2 is 1.86 bits per heavy atom. The third kappa shape index (κ3) is 5.46. The van der Waals surface area contributed by atoms with E-state index in [4.69, 9.17) is 21.1 Å². The summed E-state index contributed by atoms with van der Waals surface area (Å²) in [4.78, 5) is 32.5. The summed E-state index contributed by atoms with van der Waals surface area (Å²) in [7, 11) is 0. The van der Waals surface area contributed by atoms with Gasteiger partial charge in [0.15, 0.2) is 4.80 Å². The van der Waals surface area contributed by atoms with Crippen LogP contribution >= 0.6 is 22.9 Å². The first-order valence-electron chi connectivity index (χ1n) is 13.6. The van der Waals surface area contributed by atoms with Crippen LogP contribution in [0.1, 0.15) is 56.3 Å². The number of aryl methyl sites for hydroxylation is 1. The minimum atomic E-state index is -0.723. The van der Waals surface area contributed by atoms with Gasteiger partial charge < -0.3 is 14.0 Å². The number of benzene rings is 2. The van der Waals surface area contributed by atoms with Crippen LogP contribution in [0, 0.1) is 19.7 Å². The molecule has 4 aromatic rings. The minimum Gasteiger partial charge on any atom is -0.494 e. The lowest BCUT2D eigenvalue weighted by molar-refractivity contribution is -0.143. The molecule has 0 aliphatic carbocycles. The summed E-state index contributed by atoms with van der Waals surface area (Å²) >= 11 is 7.31. The first-order valence-corrected chi connectivity index (χ1v) is 14.8. The smallest absolute Gasteiger partial charge is 0.338 e. The van der Waals surface area contributed by atoms with Crippen molar-refractivity contribution in [3.8, 4) is 11.4 Å². The number of hydrogen-bond donors (Lipinski definition) is 0. The number of allylic oxidation sites excluding steroid dienone is 1. The predicted molar refractivity (Wildman–Crippen MR) is 163 cm³/mol. The fourth-order valence-electron chi connectivity index (χ4n) is 5.19. The molecule has 0 spiro atoms. The highest BCUT2D eigenvalue weighted by Crippen LogP contribution is 2.32. The molecule has 0 unspecified atom stereocenters. The second kappa shape index (κ2) is 11.7. The topological polar surface area (TPSA) is 74.8 Å². The van der Waals surface area contributed by atoms with E-state index in [1.165, 1.54) is 17.4 Å². The van der Waals surface area contributed by atoms with Crippen LogP contribution in [0.5, 0.6) is 5.75 Å². The molecule has 0 fully saturated rings. The van der Waals surface area contributed by atoms with Crippen LogP contribution < -0.4 is 19.6 Å². The number of carbonyl (C=O) groups is 1. The Hall–Kier alpha value is -3.95. The number of esters is 1. The van der Waals surface area contributed by atoms with Gasteiger partial charge in [0, 0.05) is 17.1 Å². The van der Waals surface area contributed by atoms with Gasteiger partial charge in [-0.25, -0.2) is 14.2 Å². The average molecular weight is 608 g/mol. The number of thiazole rings is 1. The number of aromatic nitrogens is 2. The van der Waals surface area contributed by atoms with Crippen molar-refractivity contribution >= 4 is 35.0 Å². The van der Waals surface area contributed by atoms with Crippen LogP contribution in [0.4, 0.5) is 4.39 Å². The molecular weight excluding hydrogens is 577 g/mol. The molecule has 1 aliphatic heterocycles. The SMILES string of the molecule is CCOc1ccc([C@@H]2C(C(=O)OC(C)C)=C(C)N=c3s/c(=C/c4cc(C)n(-c5ccc(F)c(Cl)c5)c4C)c(=O)n32)cc1. The lowest BCUT2D eigenvalue weighted by Crippen LogP contribution is -2.40. The van der Waals surface area contributed by atoms with Gasteiger partial charge in [0.1, 0.15) is 11.6 Å². The Labute approximate surface area is 251 Å². The summed E-state index contributed by atoms with van der Waals surface area (Å²) in [5, 5.41) is 0.0336. The molecule has 2 aromatic heterocycles. The highest BCUT2D eigenvalue weighted by atomic mass is 35.5. The molecular formula is C32H31ClFN3O4S. The predicted octanol–water partition coefficient (Wildman–Crippen LogP) is 5.79. The fourth-order valence-corrected chi connectivity index (χ4v) is 6.40. The normalized spacial score (nSPS) is 15.2. The van der Waals surface area contributed by atoms with Crippen molar-refractivity contribution < 1.29 is 18.7 Å². The molecule has 0 bridgehead atoms. The molecule has 7 nitrogen and oxygen atoms in total. The summed E-state index contributed by atoms with van der Waals surface area (Å²) in [6, 6.07) is 13.2. The van der Waals surface area contributed by atoms with Gasteiger partial charge in [-0.05, 0) is 95.1 Å². The fraction of sp³-hybridized carbons (Fsp3) is 0.281. The molecule has 0 saturated carbocycles. The Morgan fingerprint density at radius 1 is 1.14 bits per heavy atom. The van der Waals surface area contributed by atoms with Crippen molar-refractivity contribution in [1.29, 1.82) is 0 Å². The summed E-state index contributed by atoms with van der Waals surface area (Å²) in [6.07, 6.45) is 1.49. The zero-order valence-electron chi connectivity index (χ0n) is 24.2. The van der Waals surface area contributed by atoms with E-state index in [1.54, 1.807) is 37.5 Å². The Balaban J connectivity index is 1.66. The zero-order chi connectivity index (χ0) is 30.3. The summed E-state index contributed by atoms with van der Waals surface area (Å²) in [5.41, 5.74) is 4.59. The number of hydrogen-bond acceptors (Lipinski definition) is 6. The number of nitrogens with zero attached hydrogens (tertiary/aromatic N) is 3. The number of rotatable bonds is 7. The maximum atomic E-state index is 14.0. The first-order chi connectivity index (χ1) is 20.0. The van der Waals surface area contributed by atoms with E-state index in [9.17, 15) is 14.0 Å². The Kier molecular flexibility index (Phi) is 8.25. The maximum absolute atomic E-state index is 14.0. The van der Waals surface area contributed by atoms with Gasteiger partial charge in [-0.15, -0.1) is 0 Å². The molecule has 0 amide bonds. The van der Waals surface area contributed by atoms with E-state index in [0.29, 0.717) is 33.0 Å². The number of halogens is 2. The Bertz CT molecular complexity index is 1900. The molecule has 0 radical (unpaired) electrons. The third-order valence-corrected chi connectivity index (χ3v) is 8.28. The number of ether oxygens (including phenoxy) is 2. The molecule has 1 atom stereocenters. The molecule has 10 heteroatoms. The van der Waals surface area contributed by atoms with Gasteiger partial charge in [-0.3, -0.25) is 9.36 Å². The van der Waals surface area contributed by atoms with E-state index in [0.717, 1.165) is 28.2 Å². The quantitative estimate of drug-likeness (QED) is 0.250. The largest absolute Gasteiger partial charge is 0.494 e. The van der Waals surface area contributed by atoms with Crippen molar-refractivity contribution in [2.24, 2.45) is 4.99 Å². The first kappa shape index (κ1) is 29.5. The minimum absolute atomic E-state index is 0.0336. The van der Waals surface area contributed by atoms with Crippen LogP contribution in [0.15, 0.2) is 69.6 Å². The Morgan fingerprint density at radius 3 is 2.50 bits per heavy atom. The van der Waals surface area contributed by atoms with Crippen LogP contribution in [0.25, 0.3) is 11.8 Å². The van der Waals surface area contributed by atoms with Crippen molar-refractivity contribution in [3.63, 3.8) is 0 Å². The number of carbonyl (C=O) groups excluding carboxylic acids is 1. The van der Waals surface area contributed by atoms with Gasteiger partial charge >= 0.3 is 5.97 Å². The second-order valence-electron chi connectivity index (χ2n) is 10.3. The standard InChI is InChI=1S/C32H31ClFN3O4S/c1-7-40-24-11-8-21(9-12-24)29-28(31(39)41-17(2)3)19(5)35-32-37(29)30(38)27(42-32)15-22-14-18(4)36(20(22)6)23-10-13-26(34)25(33)16-23/h8-17,29H,7H2,1-6H3/b27-15+/t29-/m1/s1. The van der Waals surface area contributed by atoms with Gasteiger partial charge in [-0.2, -0.15) is 0 Å². The highest BCUT2D eigenvalue weighted by Gasteiger charge is 2.34. The molecule has 0 saturated heterocycles. The molecule has 1 aliphatic rings. The van der Waals surface area contributed by atoms with Crippen molar-refractivity contribution in [3.05, 3.63) is 113 Å². The maximum Gasteiger partial charge on any atom is 0.338 e. The summed E-state index contributed by atoms with van der Waals surface area (Å²) < 4.78 is 29.0. The molecule has 42 heavy (non-hydrogen) atoms. The summed E-state index contributed by atoms with van der Waals surface area (Å²) in [5.74, 6) is -0.308. The lowest BCUT2D eigenvalue weighted by atomic mass is 9.96. The van der Waals surface area contributed by atoms with Gasteiger partial charge in [0.2, 0.25) is 0 Å². The summed E-state index contributed by atoms with van der Waals surface area (Å²) in [6.45, 7) is 11.6. The van der Waals surface area contributed by atoms with E-state index >= 15 is 0 Å². The average Bonchev–Trinajstić information content (AvgIpc) is 3.39. The third-order valence-electron chi connectivity index (χ3n) is 7.01. The molecule has 0 N–H and O–H groups in total. The van der Waals surface area contributed by atoms with Crippen LogP contribution in [0.2, 0.25) is 5.02 Å². The highest BCUT2D eigenvalue weighted by molar-refractivity contribution is 7.07. The molecule has 3 heterocycles. The monoisotopic (exact) mass is 607 g/mol. The van der Waals surface area contributed by atoms with E-state index < -0.39 is 17.8 Å². The van der Waals surface area contributed by atoms with Crippen molar-refractivity contribution in [1.82, 2.24) is 9.13 Å². The van der Waals surface area contributed by atoms with Gasteiger partial charge in [0.25, 0.3) is 5.56 Å². The van der Waals surface area contributed by atoms with E-state index in [-0.39, 0.29) is 16.7 Å². The molecule has 5 rings (SSSR count). The second-order valence-corrected chi connectivity index (χ2v) is 11.7. The lowest BCUT2D eigenvalue weighted by Gasteiger charge is -2.25. The zero-order valence-corrected chi connectivity index (χ0v) is 25.8. The number of fused-ring (bicyclic) bond motifs is 1. The van der Waals surface area contributed by atoms with Gasteiger partial charge in [0.05, 0.1) is 39.6 Å². The van der Waals surface area contributed by atoms with Crippen LogP contribution in [0.3, 0.4) is 0 Å². The van der Waals surface area contributed by atoms with Crippen LogP contribution in [-0.4, -0.2) is 27.8 Å². The molecule has 218 valence electrons. The van der Waals surface area contributed by atoms with Crippen molar-refractivity contribution in [2.75, 3.05) is 6.61 Å². The van der Waals surface area contributed by atoms with Crippen LogP contribution in [-0.2, 0) is 9.53 Å². The molecule has 2 aromatic carbocycles.